The van der Waals surface area contributed by atoms with E-state index in [1.54, 1.807) is 6.92 Å². The second-order valence-corrected chi connectivity index (χ2v) is 5.57. The average molecular weight is 291 g/mol. The van der Waals surface area contributed by atoms with E-state index in [0.29, 0.717) is 6.42 Å². The van der Waals surface area contributed by atoms with E-state index in [0.717, 1.165) is 18.2 Å². The van der Waals surface area contributed by atoms with Crippen LogP contribution in [0.1, 0.15) is 23.7 Å². The number of carboxylic acid groups (broad SMARTS) is 1. The predicted octanol–water partition coefficient (Wildman–Crippen LogP) is 0.573. The van der Waals surface area contributed by atoms with Crippen LogP contribution in [0.25, 0.3) is 0 Å². The van der Waals surface area contributed by atoms with Crippen LogP contribution in [0.3, 0.4) is 0 Å². The first-order valence-electron chi connectivity index (χ1n) is 5.47. The van der Waals surface area contributed by atoms with E-state index in [-0.39, 0.29) is 11.5 Å². The van der Waals surface area contributed by atoms with E-state index < -0.39 is 33.4 Å². The van der Waals surface area contributed by atoms with Crippen molar-refractivity contribution in [2.75, 3.05) is 6.61 Å². The Hall–Kier alpha value is -1.51. The molecule has 1 atom stereocenters. The first kappa shape index (κ1) is 15.5. The van der Waals surface area contributed by atoms with Crippen LogP contribution in [0, 0.1) is 5.82 Å². The monoisotopic (exact) mass is 291 g/mol. The molecule has 0 amide bonds. The van der Waals surface area contributed by atoms with Gasteiger partial charge >= 0.3 is 5.97 Å². The fourth-order valence-corrected chi connectivity index (χ4v) is 2.71. The van der Waals surface area contributed by atoms with Gasteiger partial charge in [0.15, 0.2) is 0 Å². The highest BCUT2D eigenvalue weighted by Crippen LogP contribution is 2.15. The molecule has 0 bridgehead atoms. The van der Waals surface area contributed by atoms with Crippen LogP contribution in [0.2, 0.25) is 0 Å². The zero-order chi connectivity index (χ0) is 14.6. The molecule has 0 aliphatic rings. The number of carboxylic acids is 1. The van der Waals surface area contributed by atoms with Crippen LogP contribution in [-0.4, -0.2) is 37.2 Å². The second kappa shape index (κ2) is 6.09. The smallest absolute Gasteiger partial charge is 0.338 e. The number of carbonyl (C=O) groups is 1. The van der Waals surface area contributed by atoms with Crippen LogP contribution < -0.4 is 4.72 Å². The Balaban J connectivity index is 3.15. The number of aliphatic hydroxyl groups excluding tert-OH is 1. The lowest BCUT2D eigenvalue weighted by atomic mass is 10.2. The summed E-state index contributed by atoms with van der Waals surface area (Å²) in [6.07, 6.45) is 0.364. The molecule has 1 aromatic rings. The van der Waals surface area contributed by atoms with Gasteiger partial charge in [-0.05, 0) is 24.6 Å². The van der Waals surface area contributed by atoms with E-state index in [9.17, 15) is 17.6 Å². The number of aliphatic hydroxyl groups is 1. The Morgan fingerprint density at radius 2 is 2.11 bits per heavy atom. The van der Waals surface area contributed by atoms with Gasteiger partial charge in [0.05, 0.1) is 17.1 Å². The molecule has 0 spiro atoms. The summed E-state index contributed by atoms with van der Waals surface area (Å²) in [5.74, 6) is -2.57. The van der Waals surface area contributed by atoms with Gasteiger partial charge in [-0.3, -0.25) is 0 Å². The van der Waals surface area contributed by atoms with Crippen LogP contribution in [-0.2, 0) is 10.0 Å². The van der Waals surface area contributed by atoms with Gasteiger partial charge < -0.3 is 10.2 Å². The number of rotatable bonds is 6. The lowest BCUT2D eigenvalue weighted by Crippen LogP contribution is -2.37. The molecular weight excluding hydrogens is 277 g/mol. The first-order chi connectivity index (χ1) is 8.81. The second-order valence-electron chi connectivity index (χ2n) is 3.86. The third kappa shape index (κ3) is 3.72. The van der Waals surface area contributed by atoms with Gasteiger partial charge in [0.25, 0.3) is 0 Å². The van der Waals surface area contributed by atoms with E-state index >= 15 is 0 Å². The summed E-state index contributed by atoms with van der Waals surface area (Å²) in [5, 5.41) is 17.7. The van der Waals surface area contributed by atoms with Crippen molar-refractivity contribution >= 4 is 16.0 Å². The molecule has 0 saturated carbocycles. The molecule has 1 aromatic carbocycles. The van der Waals surface area contributed by atoms with Crippen molar-refractivity contribution in [3.8, 4) is 0 Å². The van der Waals surface area contributed by atoms with E-state index in [4.69, 9.17) is 10.2 Å². The number of sulfonamides is 1. The quantitative estimate of drug-likeness (QED) is 0.711. The summed E-state index contributed by atoms with van der Waals surface area (Å²) in [6.45, 7) is 1.29. The zero-order valence-electron chi connectivity index (χ0n) is 10.1. The molecule has 0 aliphatic heterocycles. The maximum absolute atomic E-state index is 13.2. The van der Waals surface area contributed by atoms with Crippen molar-refractivity contribution in [2.24, 2.45) is 0 Å². The number of hydrogen-bond acceptors (Lipinski definition) is 4. The van der Waals surface area contributed by atoms with Gasteiger partial charge in [-0.2, -0.15) is 0 Å². The zero-order valence-corrected chi connectivity index (χ0v) is 10.9. The first-order valence-corrected chi connectivity index (χ1v) is 6.96. The molecule has 8 heteroatoms. The van der Waals surface area contributed by atoms with Crippen molar-refractivity contribution in [1.82, 2.24) is 4.72 Å². The van der Waals surface area contributed by atoms with E-state index in [2.05, 4.69) is 4.72 Å². The van der Waals surface area contributed by atoms with Gasteiger partial charge in [-0.1, -0.05) is 6.92 Å². The van der Waals surface area contributed by atoms with Crippen molar-refractivity contribution in [1.29, 1.82) is 0 Å². The van der Waals surface area contributed by atoms with Crippen LogP contribution in [0.4, 0.5) is 4.39 Å². The SMILES string of the molecule is CCC(CO)NS(=O)(=O)c1ccc(F)c(C(=O)O)c1. The average Bonchev–Trinajstić information content (AvgIpc) is 2.35. The lowest BCUT2D eigenvalue weighted by molar-refractivity contribution is 0.0691. The fraction of sp³-hybridized carbons (Fsp3) is 0.364. The Labute approximate surface area is 109 Å². The fourth-order valence-electron chi connectivity index (χ4n) is 1.37. The number of nitrogens with one attached hydrogen (secondary N) is 1. The molecule has 0 aliphatic carbocycles. The van der Waals surface area contributed by atoms with Crippen molar-refractivity contribution in [2.45, 2.75) is 24.3 Å². The number of halogens is 1. The van der Waals surface area contributed by atoms with Gasteiger partial charge in [0, 0.05) is 6.04 Å². The Morgan fingerprint density at radius 1 is 1.47 bits per heavy atom. The van der Waals surface area contributed by atoms with E-state index in [1.165, 1.54) is 0 Å². The van der Waals surface area contributed by atoms with Gasteiger partial charge in [0.1, 0.15) is 5.82 Å². The number of hydrogen-bond donors (Lipinski definition) is 3. The minimum atomic E-state index is -4.00. The molecule has 19 heavy (non-hydrogen) atoms. The molecule has 1 rings (SSSR count). The summed E-state index contributed by atoms with van der Waals surface area (Å²) in [5.41, 5.74) is -0.722. The minimum Gasteiger partial charge on any atom is -0.478 e. The van der Waals surface area contributed by atoms with E-state index in [1.807, 2.05) is 0 Å². The normalized spacial score (nSPS) is 13.2. The van der Waals surface area contributed by atoms with Gasteiger partial charge in [0.2, 0.25) is 10.0 Å². The highest BCUT2D eigenvalue weighted by molar-refractivity contribution is 7.89. The standard InChI is InChI=1S/C11H14FNO5S/c1-2-7(6-14)13-19(17,18)8-3-4-10(12)9(5-8)11(15)16/h3-5,7,13-14H,2,6H2,1H3,(H,15,16). The summed E-state index contributed by atoms with van der Waals surface area (Å²) in [7, 11) is -4.00. The van der Waals surface area contributed by atoms with Crippen LogP contribution in [0.15, 0.2) is 23.1 Å². The van der Waals surface area contributed by atoms with Crippen LogP contribution >= 0.6 is 0 Å². The minimum absolute atomic E-state index is 0.363. The largest absolute Gasteiger partial charge is 0.478 e. The molecule has 0 radical (unpaired) electrons. The van der Waals surface area contributed by atoms with Crippen molar-refractivity contribution in [3.63, 3.8) is 0 Å². The Morgan fingerprint density at radius 3 is 2.58 bits per heavy atom. The van der Waals surface area contributed by atoms with Gasteiger partial charge in [-0.25, -0.2) is 22.3 Å². The predicted molar refractivity (Wildman–Crippen MR) is 64.8 cm³/mol. The van der Waals surface area contributed by atoms with Crippen molar-refractivity contribution < 1.29 is 27.8 Å². The molecule has 0 fully saturated rings. The molecule has 0 aromatic heterocycles. The number of benzene rings is 1. The molecule has 106 valence electrons. The Kier molecular flexibility index (Phi) is 4.98. The summed E-state index contributed by atoms with van der Waals surface area (Å²) < 4.78 is 39.2. The summed E-state index contributed by atoms with van der Waals surface area (Å²) >= 11 is 0. The number of aromatic carboxylic acids is 1. The molecule has 6 nitrogen and oxygen atoms in total. The molecule has 1 unspecified atom stereocenters. The third-order valence-corrected chi connectivity index (χ3v) is 4.03. The van der Waals surface area contributed by atoms with Crippen molar-refractivity contribution in [3.05, 3.63) is 29.6 Å². The summed E-state index contributed by atoms with van der Waals surface area (Å²) in [6, 6.07) is 1.80. The highest BCUT2D eigenvalue weighted by Gasteiger charge is 2.21. The maximum Gasteiger partial charge on any atom is 0.338 e. The molecular formula is C11H14FNO5S. The highest BCUT2D eigenvalue weighted by atomic mass is 32.2. The maximum atomic E-state index is 13.2. The lowest BCUT2D eigenvalue weighted by Gasteiger charge is -2.14. The van der Waals surface area contributed by atoms with Crippen LogP contribution in [0.5, 0.6) is 0 Å². The molecule has 0 heterocycles. The summed E-state index contributed by atoms with van der Waals surface area (Å²) in [4.78, 5) is 10.4. The van der Waals surface area contributed by atoms with Gasteiger partial charge in [-0.15, -0.1) is 0 Å². The topological polar surface area (TPSA) is 104 Å². The molecule has 3 N–H and O–H groups in total. The Bertz CT molecular complexity index is 568. The molecule has 0 saturated heterocycles. The third-order valence-electron chi connectivity index (χ3n) is 2.51.